The van der Waals surface area contributed by atoms with E-state index in [-0.39, 0.29) is 27.7 Å². The number of carbonyl (C=O) groups is 1. The lowest BCUT2D eigenvalue weighted by atomic mass is 10.2. The summed E-state index contributed by atoms with van der Waals surface area (Å²) in [4.78, 5) is 12.5. The van der Waals surface area contributed by atoms with Crippen molar-refractivity contribution in [2.75, 3.05) is 23.9 Å². The first kappa shape index (κ1) is 20.6. The molecule has 28 heavy (non-hydrogen) atoms. The minimum atomic E-state index is -3.90. The van der Waals surface area contributed by atoms with Crippen LogP contribution >= 0.6 is 11.6 Å². The Bertz CT molecular complexity index is 1130. The van der Waals surface area contributed by atoms with Crippen molar-refractivity contribution in [2.45, 2.75) is 16.6 Å². The SMILES string of the molecule is COc1cccc(NC(=O)c2cc(S(=O)(=O)C3CCS(=O)(=O)C3)ccc2Cl)c1. The van der Waals surface area contributed by atoms with Gasteiger partial charge in [0.2, 0.25) is 0 Å². The van der Waals surface area contributed by atoms with Crippen LogP contribution in [0.1, 0.15) is 16.8 Å². The summed E-state index contributed by atoms with van der Waals surface area (Å²) in [7, 11) is -5.77. The highest BCUT2D eigenvalue weighted by atomic mass is 35.5. The van der Waals surface area contributed by atoms with Gasteiger partial charge in [-0.3, -0.25) is 4.79 Å². The normalized spacial score (nSPS) is 18.6. The second kappa shape index (κ2) is 7.73. The van der Waals surface area contributed by atoms with E-state index in [1.54, 1.807) is 24.3 Å². The molecule has 150 valence electrons. The predicted molar refractivity (Wildman–Crippen MR) is 107 cm³/mol. The third kappa shape index (κ3) is 4.31. The molecule has 1 N–H and O–H groups in total. The van der Waals surface area contributed by atoms with Crippen molar-refractivity contribution in [3.8, 4) is 5.75 Å². The smallest absolute Gasteiger partial charge is 0.257 e. The maximum Gasteiger partial charge on any atom is 0.257 e. The molecule has 1 atom stereocenters. The van der Waals surface area contributed by atoms with Crippen LogP contribution in [0.4, 0.5) is 5.69 Å². The van der Waals surface area contributed by atoms with Crippen molar-refractivity contribution < 1.29 is 26.4 Å². The van der Waals surface area contributed by atoms with Crippen LogP contribution < -0.4 is 10.1 Å². The van der Waals surface area contributed by atoms with Gasteiger partial charge in [-0.2, -0.15) is 0 Å². The zero-order chi connectivity index (χ0) is 20.5. The van der Waals surface area contributed by atoms with Gasteiger partial charge in [0.25, 0.3) is 5.91 Å². The molecule has 2 aromatic rings. The number of methoxy groups -OCH3 is 1. The molecule has 1 unspecified atom stereocenters. The monoisotopic (exact) mass is 443 g/mol. The number of anilines is 1. The molecule has 7 nitrogen and oxygen atoms in total. The maximum atomic E-state index is 12.8. The summed E-state index contributed by atoms with van der Waals surface area (Å²) >= 11 is 6.09. The minimum Gasteiger partial charge on any atom is -0.497 e. The van der Waals surface area contributed by atoms with Crippen molar-refractivity contribution in [2.24, 2.45) is 0 Å². The fourth-order valence-corrected chi connectivity index (χ4v) is 7.54. The highest BCUT2D eigenvalue weighted by molar-refractivity contribution is 7.96. The lowest BCUT2D eigenvalue weighted by Gasteiger charge is -2.13. The number of halogens is 1. The first-order chi connectivity index (χ1) is 13.1. The molecule has 2 aromatic carbocycles. The number of hydrogen-bond donors (Lipinski definition) is 1. The molecule has 0 radical (unpaired) electrons. The summed E-state index contributed by atoms with van der Waals surface area (Å²) < 4.78 is 54.0. The van der Waals surface area contributed by atoms with E-state index in [4.69, 9.17) is 16.3 Å². The molecule has 1 amide bonds. The minimum absolute atomic E-state index is 0.0218. The lowest BCUT2D eigenvalue weighted by Crippen LogP contribution is -2.23. The summed E-state index contributed by atoms with van der Waals surface area (Å²) in [6, 6.07) is 10.4. The number of amides is 1. The zero-order valence-corrected chi connectivity index (χ0v) is 17.3. The Labute approximate surface area is 168 Å². The van der Waals surface area contributed by atoms with Crippen molar-refractivity contribution in [1.82, 2.24) is 0 Å². The molecule has 0 spiro atoms. The Balaban J connectivity index is 1.90. The highest BCUT2D eigenvalue weighted by Gasteiger charge is 2.38. The molecule has 3 rings (SSSR count). The maximum absolute atomic E-state index is 12.8. The predicted octanol–water partition coefficient (Wildman–Crippen LogP) is 2.56. The molecule has 0 saturated carbocycles. The zero-order valence-electron chi connectivity index (χ0n) is 14.9. The average Bonchev–Trinajstić information content (AvgIpc) is 3.02. The van der Waals surface area contributed by atoms with Crippen molar-refractivity contribution in [3.05, 3.63) is 53.1 Å². The van der Waals surface area contributed by atoms with E-state index < -0.39 is 36.6 Å². The fourth-order valence-electron chi connectivity index (χ4n) is 2.95. The van der Waals surface area contributed by atoms with Crippen molar-refractivity contribution >= 4 is 42.9 Å². The van der Waals surface area contributed by atoms with Crippen LogP contribution in [0.2, 0.25) is 5.02 Å². The summed E-state index contributed by atoms with van der Waals surface area (Å²) in [5.41, 5.74) is 0.432. The van der Waals surface area contributed by atoms with E-state index in [9.17, 15) is 21.6 Å². The van der Waals surface area contributed by atoms with Crippen LogP contribution in [0.15, 0.2) is 47.4 Å². The largest absolute Gasteiger partial charge is 0.497 e. The summed E-state index contributed by atoms with van der Waals surface area (Å²) in [5.74, 6) is -0.617. The molecule has 1 fully saturated rings. The quantitative estimate of drug-likeness (QED) is 0.761. The standard InChI is InChI=1S/C18H18ClNO6S2/c1-26-13-4-2-3-12(9-13)20-18(21)16-10-14(5-6-17(16)19)28(24,25)15-7-8-27(22,23)11-15/h2-6,9-10,15H,7-8,11H2,1H3,(H,20,21). The Kier molecular flexibility index (Phi) is 5.69. The molecule has 0 aromatic heterocycles. The fraction of sp³-hybridized carbons (Fsp3) is 0.278. The summed E-state index contributed by atoms with van der Waals surface area (Å²) in [6.45, 7) is 0. The van der Waals surface area contributed by atoms with E-state index in [2.05, 4.69) is 5.32 Å². The van der Waals surface area contributed by atoms with Gasteiger partial charge >= 0.3 is 0 Å². The van der Waals surface area contributed by atoms with E-state index >= 15 is 0 Å². The van der Waals surface area contributed by atoms with Gasteiger partial charge in [0, 0.05) is 11.8 Å². The van der Waals surface area contributed by atoms with Crippen LogP contribution in [0.25, 0.3) is 0 Å². The van der Waals surface area contributed by atoms with E-state index in [0.717, 1.165) is 0 Å². The van der Waals surface area contributed by atoms with Gasteiger partial charge in [-0.05, 0) is 36.8 Å². The molecule has 0 bridgehead atoms. The van der Waals surface area contributed by atoms with Crippen LogP contribution in [-0.2, 0) is 19.7 Å². The average molecular weight is 444 g/mol. The van der Waals surface area contributed by atoms with Gasteiger partial charge < -0.3 is 10.1 Å². The highest BCUT2D eigenvalue weighted by Crippen LogP contribution is 2.29. The van der Waals surface area contributed by atoms with E-state index in [1.165, 1.54) is 25.3 Å². The summed E-state index contributed by atoms with van der Waals surface area (Å²) in [6.07, 6.45) is 0.0403. The Morgan fingerprint density at radius 1 is 1.21 bits per heavy atom. The first-order valence-corrected chi connectivity index (χ1v) is 12.1. The molecule has 10 heteroatoms. The van der Waals surface area contributed by atoms with Crippen molar-refractivity contribution in [3.63, 3.8) is 0 Å². The Morgan fingerprint density at radius 3 is 2.61 bits per heavy atom. The molecule has 1 aliphatic heterocycles. The summed E-state index contributed by atoms with van der Waals surface area (Å²) in [5, 5.41) is 1.70. The molecule has 1 aliphatic rings. The second-order valence-corrected chi connectivity index (χ2v) is 11.3. The van der Waals surface area contributed by atoms with Crippen molar-refractivity contribution in [1.29, 1.82) is 0 Å². The number of sulfone groups is 2. The van der Waals surface area contributed by atoms with Gasteiger partial charge in [0.1, 0.15) is 5.75 Å². The lowest BCUT2D eigenvalue weighted by molar-refractivity contribution is 0.102. The van der Waals surface area contributed by atoms with Gasteiger partial charge in [-0.25, -0.2) is 16.8 Å². The molecule has 1 saturated heterocycles. The van der Waals surface area contributed by atoms with Crippen LogP contribution in [0.5, 0.6) is 5.75 Å². The van der Waals surface area contributed by atoms with Gasteiger partial charge in [0.15, 0.2) is 19.7 Å². The van der Waals surface area contributed by atoms with E-state index in [1.807, 2.05) is 0 Å². The molecular weight excluding hydrogens is 426 g/mol. The Morgan fingerprint density at radius 2 is 1.96 bits per heavy atom. The number of carbonyl (C=O) groups excluding carboxylic acids is 1. The van der Waals surface area contributed by atoms with Gasteiger partial charge in [-0.1, -0.05) is 17.7 Å². The third-order valence-corrected chi connectivity index (χ3v) is 8.97. The Hall–Kier alpha value is -2.10. The van der Waals surface area contributed by atoms with Crippen LogP contribution in [0, 0.1) is 0 Å². The number of rotatable bonds is 5. The van der Waals surface area contributed by atoms with Gasteiger partial charge in [0.05, 0.1) is 39.3 Å². The first-order valence-electron chi connectivity index (χ1n) is 8.32. The number of benzene rings is 2. The number of ether oxygens (including phenoxy) is 1. The number of nitrogens with one attached hydrogen (secondary N) is 1. The number of hydrogen-bond acceptors (Lipinski definition) is 6. The van der Waals surface area contributed by atoms with Crippen LogP contribution in [-0.4, -0.2) is 46.6 Å². The van der Waals surface area contributed by atoms with Crippen LogP contribution in [0.3, 0.4) is 0 Å². The second-order valence-electron chi connectivity index (χ2n) is 6.40. The molecular formula is C18H18ClNO6S2. The molecule has 1 heterocycles. The third-order valence-electron chi connectivity index (χ3n) is 4.47. The van der Waals surface area contributed by atoms with E-state index in [0.29, 0.717) is 11.4 Å². The molecule has 0 aliphatic carbocycles. The topological polar surface area (TPSA) is 107 Å². The van der Waals surface area contributed by atoms with Gasteiger partial charge in [-0.15, -0.1) is 0 Å².